The third kappa shape index (κ3) is 1.88. The molecule has 0 amide bonds. The molecular formula is C14H17N3. The van der Waals surface area contributed by atoms with Crippen LogP contribution in [0.5, 0.6) is 0 Å². The number of nitrogens with one attached hydrogen (secondary N) is 1. The van der Waals surface area contributed by atoms with E-state index in [1.807, 2.05) is 19.1 Å². The van der Waals surface area contributed by atoms with Crippen molar-refractivity contribution in [1.82, 2.24) is 15.0 Å². The second kappa shape index (κ2) is 4.53. The van der Waals surface area contributed by atoms with Crippen molar-refractivity contribution in [2.45, 2.75) is 26.7 Å². The minimum absolute atomic E-state index is 0.394. The van der Waals surface area contributed by atoms with Crippen LogP contribution in [-0.4, -0.2) is 15.0 Å². The molecule has 1 N–H and O–H groups in total. The summed E-state index contributed by atoms with van der Waals surface area (Å²) in [5, 5.41) is 0. The normalized spacial score (nSPS) is 12.4. The molecule has 88 valence electrons. The van der Waals surface area contributed by atoms with Crippen LogP contribution in [0.15, 0.2) is 31.1 Å². The fraction of sp³-hybridized carbons (Fsp3) is 0.286. The molecule has 2 aromatic heterocycles. The van der Waals surface area contributed by atoms with Crippen molar-refractivity contribution in [3.8, 4) is 0 Å². The van der Waals surface area contributed by atoms with Crippen LogP contribution in [0.3, 0.4) is 0 Å². The number of hydrogen-bond donors (Lipinski definition) is 1. The Morgan fingerprint density at radius 2 is 2.06 bits per heavy atom. The van der Waals surface area contributed by atoms with Crippen LogP contribution < -0.4 is 0 Å². The van der Waals surface area contributed by atoms with Crippen molar-refractivity contribution < 1.29 is 0 Å². The van der Waals surface area contributed by atoms with E-state index in [0.29, 0.717) is 5.92 Å². The van der Waals surface area contributed by atoms with Crippen molar-refractivity contribution >= 4 is 16.7 Å². The highest BCUT2D eigenvalue weighted by Crippen LogP contribution is 2.31. The Morgan fingerprint density at radius 1 is 1.35 bits per heavy atom. The molecule has 0 aliphatic rings. The maximum Gasteiger partial charge on any atom is 0.156 e. The number of H-pyrrole nitrogens is 1. The Balaban J connectivity index is 2.78. The van der Waals surface area contributed by atoms with E-state index in [1.165, 1.54) is 5.56 Å². The second-order valence-corrected chi connectivity index (χ2v) is 4.27. The lowest BCUT2D eigenvalue weighted by Gasteiger charge is -2.07. The summed E-state index contributed by atoms with van der Waals surface area (Å²) in [7, 11) is 0. The van der Waals surface area contributed by atoms with Crippen LogP contribution in [0, 0.1) is 0 Å². The number of allylic oxidation sites excluding steroid dienone is 3. The third-order valence-electron chi connectivity index (χ3n) is 2.86. The van der Waals surface area contributed by atoms with E-state index in [2.05, 4.69) is 35.4 Å². The zero-order valence-electron chi connectivity index (χ0n) is 10.5. The van der Waals surface area contributed by atoms with Gasteiger partial charge in [-0.05, 0) is 18.4 Å². The van der Waals surface area contributed by atoms with Crippen molar-refractivity contribution in [3.05, 3.63) is 42.4 Å². The van der Waals surface area contributed by atoms with Gasteiger partial charge in [0, 0.05) is 18.0 Å². The van der Waals surface area contributed by atoms with E-state index >= 15 is 0 Å². The summed E-state index contributed by atoms with van der Waals surface area (Å²) in [6.07, 6.45) is 7.34. The molecule has 17 heavy (non-hydrogen) atoms. The second-order valence-electron chi connectivity index (χ2n) is 4.27. The van der Waals surface area contributed by atoms with Crippen LogP contribution in [0.1, 0.15) is 37.9 Å². The number of aromatic amines is 1. The van der Waals surface area contributed by atoms with Gasteiger partial charge in [0.05, 0.1) is 5.69 Å². The number of rotatable bonds is 3. The van der Waals surface area contributed by atoms with Gasteiger partial charge in [-0.15, -0.1) is 0 Å². The molecule has 0 fully saturated rings. The molecule has 0 saturated carbocycles. The van der Waals surface area contributed by atoms with E-state index in [9.17, 15) is 0 Å². The molecular weight excluding hydrogens is 210 g/mol. The summed E-state index contributed by atoms with van der Waals surface area (Å²) < 4.78 is 0. The minimum Gasteiger partial charge on any atom is -0.338 e. The minimum atomic E-state index is 0.394. The average molecular weight is 227 g/mol. The van der Waals surface area contributed by atoms with Crippen molar-refractivity contribution in [2.24, 2.45) is 0 Å². The molecule has 3 heteroatoms. The predicted octanol–water partition coefficient (Wildman–Crippen LogP) is 3.67. The van der Waals surface area contributed by atoms with Crippen LogP contribution in [-0.2, 0) is 0 Å². The van der Waals surface area contributed by atoms with Gasteiger partial charge in [-0.25, -0.2) is 4.98 Å². The number of nitrogens with zero attached hydrogens (tertiary/aromatic N) is 2. The molecule has 0 saturated heterocycles. The SMILES string of the molecule is C=C/C(=C\C)c1[nH]c2nccnc2c1C(C)C. The predicted molar refractivity (Wildman–Crippen MR) is 71.8 cm³/mol. The number of aromatic nitrogens is 3. The highest BCUT2D eigenvalue weighted by atomic mass is 14.9. The van der Waals surface area contributed by atoms with Gasteiger partial charge >= 0.3 is 0 Å². The molecule has 0 spiro atoms. The maximum absolute atomic E-state index is 4.42. The molecule has 2 aromatic rings. The van der Waals surface area contributed by atoms with Crippen LogP contribution in [0.4, 0.5) is 0 Å². The van der Waals surface area contributed by atoms with Crippen LogP contribution in [0.25, 0.3) is 16.7 Å². The van der Waals surface area contributed by atoms with Crippen molar-refractivity contribution in [1.29, 1.82) is 0 Å². The molecule has 0 unspecified atom stereocenters. The fourth-order valence-corrected chi connectivity index (χ4v) is 2.08. The Kier molecular flexibility index (Phi) is 3.09. The maximum atomic E-state index is 4.42. The van der Waals surface area contributed by atoms with E-state index in [-0.39, 0.29) is 0 Å². The molecule has 0 aliphatic heterocycles. The Hall–Kier alpha value is -1.90. The first-order valence-corrected chi connectivity index (χ1v) is 5.80. The highest BCUT2D eigenvalue weighted by molar-refractivity contribution is 5.86. The monoisotopic (exact) mass is 227 g/mol. The molecule has 0 atom stereocenters. The standard InChI is InChI=1S/C14H17N3/c1-5-10(6-2)12-11(9(3)4)13-14(17-12)16-8-7-15-13/h5-9H,1H2,2-4H3,(H,16,17)/b10-6+. The average Bonchev–Trinajstić information content (AvgIpc) is 2.69. The molecule has 0 radical (unpaired) electrons. The Bertz CT molecular complexity index is 576. The van der Waals surface area contributed by atoms with Gasteiger partial charge < -0.3 is 4.98 Å². The molecule has 3 nitrogen and oxygen atoms in total. The fourth-order valence-electron chi connectivity index (χ4n) is 2.08. The van der Waals surface area contributed by atoms with Crippen molar-refractivity contribution in [2.75, 3.05) is 0 Å². The van der Waals surface area contributed by atoms with Gasteiger partial charge in [-0.2, -0.15) is 0 Å². The molecule has 0 aliphatic carbocycles. The first-order valence-electron chi connectivity index (χ1n) is 5.80. The van der Waals surface area contributed by atoms with Gasteiger partial charge in [0.25, 0.3) is 0 Å². The zero-order valence-corrected chi connectivity index (χ0v) is 10.5. The van der Waals surface area contributed by atoms with Gasteiger partial charge in [-0.1, -0.05) is 32.6 Å². The lowest BCUT2D eigenvalue weighted by Crippen LogP contribution is -1.93. The third-order valence-corrected chi connectivity index (χ3v) is 2.86. The summed E-state index contributed by atoms with van der Waals surface area (Å²) in [4.78, 5) is 12.1. The van der Waals surface area contributed by atoms with Gasteiger partial charge in [0.15, 0.2) is 5.65 Å². The Morgan fingerprint density at radius 3 is 2.65 bits per heavy atom. The topological polar surface area (TPSA) is 41.6 Å². The van der Waals surface area contributed by atoms with Gasteiger partial charge in [0.2, 0.25) is 0 Å². The quantitative estimate of drug-likeness (QED) is 0.813. The summed E-state index contributed by atoms with van der Waals surface area (Å²) in [5.41, 5.74) is 5.18. The number of fused-ring (bicyclic) bond motifs is 1. The van der Waals surface area contributed by atoms with Crippen molar-refractivity contribution in [3.63, 3.8) is 0 Å². The summed E-state index contributed by atoms with van der Waals surface area (Å²) >= 11 is 0. The van der Waals surface area contributed by atoms with Crippen LogP contribution in [0.2, 0.25) is 0 Å². The lowest BCUT2D eigenvalue weighted by molar-refractivity contribution is 0.868. The molecule has 0 bridgehead atoms. The number of hydrogen-bond acceptors (Lipinski definition) is 2. The highest BCUT2D eigenvalue weighted by Gasteiger charge is 2.17. The first-order chi connectivity index (χ1) is 8.19. The van der Waals surface area contributed by atoms with Gasteiger partial charge in [-0.3, -0.25) is 4.98 Å². The molecule has 0 aromatic carbocycles. The summed E-state index contributed by atoms with van der Waals surface area (Å²) in [6, 6.07) is 0. The summed E-state index contributed by atoms with van der Waals surface area (Å²) in [6.45, 7) is 10.2. The van der Waals surface area contributed by atoms with E-state index in [1.54, 1.807) is 12.4 Å². The van der Waals surface area contributed by atoms with E-state index < -0.39 is 0 Å². The van der Waals surface area contributed by atoms with E-state index in [4.69, 9.17) is 0 Å². The summed E-state index contributed by atoms with van der Waals surface area (Å²) in [5.74, 6) is 0.394. The lowest BCUT2D eigenvalue weighted by atomic mass is 9.98. The first kappa shape index (κ1) is 11.6. The molecule has 2 heterocycles. The molecule has 2 rings (SSSR count). The van der Waals surface area contributed by atoms with Crippen LogP contribution >= 0.6 is 0 Å². The largest absolute Gasteiger partial charge is 0.338 e. The van der Waals surface area contributed by atoms with Gasteiger partial charge in [0.1, 0.15) is 5.52 Å². The zero-order chi connectivity index (χ0) is 12.4. The smallest absolute Gasteiger partial charge is 0.156 e. The Labute approximate surface area is 101 Å². The van der Waals surface area contributed by atoms with E-state index in [0.717, 1.165) is 22.4 Å².